The zero-order chi connectivity index (χ0) is 14.5. The lowest BCUT2D eigenvalue weighted by Crippen LogP contribution is -2.29. The molecule has 0 saturated carbocycles. The molecule has 19 heavy (non-hydrogen) atoms. The average molecular weight is 289 g/mol. The standard InChI is InChI=1S/C12H20FN3O2S/c1-2-19(17,18)7-3-4-12(16-15)10-8-9(13)5-6-11(10)14/h5-6,8,12,16H,2-4,7,14-15H2,1H3. The summed E-state index contributed by atoms with van der Waals surface area (Å²) >= 11 is 0. The smallest absolute Gasteiger partial charge is 0.150 e. The molecule has 0 saturated heterocycles. The van der Waals surface area contributed by atoms with Crippen molar-refractivity contribution in [3.8, 4) is 0 Å². The Morgan fingerprint density at radius 1 is 1.42 bits per heavy atom. The molecule has 0 amide bonds. The fourth-order valence-electron chi connectivity index (χ4n) is 1.83. The quantitative estimate of drug-likeness (QED) is 0.397. The number of benzene rings is 1. The first kappa shape index (κ1) is 15.9. The SMILES string of the molecule is CCS(=O)(=O)CCCC(NN)c1cc(F)ccc1N. The number of hydrogen-bond donors (Lipinski definition) is 3. The van der Waals surface area contributed by atoms with Crippen LogP contribution in [0.3, 0.4) is 0 Å². The van der Waals surface area contributed by atoms with Gasteiger partial charge in [0.15, 0.2) is 0 Å². The van der Waals surface area contributed by atoms with Crippen molar-refractivity contribution in [2.75, 3.05) is 17.2 Å². The largest absolute Gasteiger partial charge is 0.398 e. The molecular formula is C12H20FN3O2S. The van der Waals surface area contributed by atoms with E-state index in [0.717, 1.165) is 0 Å². The molecule has 108 valence electrons. The topological polar surface area (TPSA) is 98.2 Å². The van der Waals surface area contributed by atoms with Gasteiger partial charge in [-0.25, -0.2) is 12.8 Å². The number of nitrogens with one attached hydrogen (secondary N) is 1. The Kier molecular flexibility index (Phi) is 5.71. The molecule has 0 fully saturated rings. The molecule has 1 aromatic rings. The Morgan fingerprint density at radius 2 is 2.11 bits per heavy atom. The Balaban J connectivity index is 2.71. The maximum absolute atomic E-state index is 13.2. The van der Waals surface area contributed by atoms with Gasteiger partial charge in [0.2, 0.25) is 0 Å². The molecule has 5 N–H and O–H groups in total. The van der Waals surface area contributed by atoms with Gasteiger partial charge in [0.25, 0.3) is 0 Å². The molecule has 0 spiro atoms. The van der Waals surface area contributed by atoms with Gasteiger partial charge in [-0.05, 0) is 36.6 Å². The van der Waals surface area contributed by atoms with Crippen LogP contribution < -0.4 is 17.0 Å². The van der Waals surface area contributed by atoms with Crippen LogP contribution >= 0.6 is 0 Å². The first-order valence-corrected chi connectivity index (χ1v) is 7.93. The molecule has 1 aromatic carbocycles. The minimum atomic E-state index is -3.00. The molecule has 0 radical (unpaired) electrons. The average Bonchev–Trinajstić information content (AvgIpc) is 2.38. The first-order valence-electron chi connectivity index (χ1n) is 6.11. The second kappa shape index (κ2) is 6.83. The van der Waals surface area contributed by atoms with Crippen molar-refractivity contribution in [1.82, 2.24) is 5.43 Å². The van der Waals surface area contributed by atoms with E-state index < -0.39 is 15.7 Å². The van der Waals surface area contributed by atoms with Gasteiger partial charge in [-0.15, -0.1) is 0 Å². The van der Waals surface area contributed by atoms with Gasteiger partial charge in [-0.1, -0.05) is 6.92 Å². The van der Waals surface area contributed by atoms with Gasteiger partial charge >= 0.3 is 0 Å². The molecule has 5 nitrogen and oxygen atoms in total. The van der Waals surface area contributed by atoms with Gasteiger partial charge in [-0.3, -0.25) is 11.3 Å². The van der Waals surface area contributed by atoms with Gasteiger partial charge in [-0.2, -0.15) is 0 Å². The van der Waals surface area contributed by atoms with E-state index in [1.54, 1.807) is 6.92 Å². The number of hydrazine groups is 1. The van der Waals surface area contributed by atoms with E-state index in [0.29, 0.717) is 24.1 Å². The van der Waals surface area contributed by atoms with E-state index in [1.165, 1.54) is 18.2 Å². The number of anilines is 1. The van der Waals surface area contributed by atoms with Crippen LogP contribution in [0.15, 0.2) is 18.2 Å². The van der Waals surface area contributed by atoms with Crippen LogP contribution in [0.1, 0.15) is 31.4 Å². The van der Waals surface area contributed by atoms with Crippen LogP contribution in [0, 0.1) is 5.82 Å². The second-order valence-corrected chi connectivity index (χ2v) is 6.84. The summed E-state index contributed by atoms with van der Waals surface area (Å²) in [5.74, 6) is 5.25. The number of sulfone groups is 1. The summed E-state index contributed by atoms with van der Waals surface area (Å²) in [5, 5.41) is 0. The van der Waals surface area contributed by atoms with E-state index in [9.17, 15) is 12.8 Å². The predicted molar refractivity (Wildman–Crippen MR) is 74.4 cm³/mol. The van der Waals surface area contributed by atoms with E-state index in [2.05, 4.69) is 5.43 Å². The number of nitrogens with two attached hydrogens (primary N) is 2. The van der Waals surface area contributed by atoms with Crippen molar-refractivity contribution < 1.29 is 12.8 Å². The minimum absolute atomic E-state index is 0.0941. The minimum Gasteiger partial charge on any atom is -0.398 e. The van der Waals surface area contributed by atoms with Crippen LogP contribution in [0.5, 0.6) is 0 Å². The highest BCUT2D eigenvalue weighted by atomic mass is 32.2. The Morgan fingerprint density at radius 3 is 2.68 bits per heavy atom. The van der Waals surface area contributed by atoms with E-state index in [4.69, 9.17) is 11.6 Å². The molecule has 0 heterocycles. The number of hydrogen-bond acceptors (Lipinski definition) is 5. The van der Waals surface area contributed by atoms with E-state index in [-0.39, 0.29) is 17.5 Å². The fourth-order valence-corrected chi connectivity index (χ4v) is 2.72. The van der Waals surface area contributed by atoms with Crippen LogP contribution in [-0.4, -0.2) is 19.9 Å². The fraction of sp³-hybridized carbons (Fsp3) is 0.500. The lowest BCUT2D eigenvalue weighted by molar-refractivity contribution is 0.504. The van der Waals surface area contributed by atoms with Crippen molar-refractivity contribution in [1.29, 1.82) is 0 Å². The normalized spacial score (nSPS) is 13.4. The van der Waals surface area contributed by atoms with Crippen molar-refractivity contribution in [2.24, 2.45) is 5.84 Å². The summed E-state index contributed by atoms with van der Waals surface area (Å²) in [5.41, 5.74) is 9.30. The molecule has 1 rings (SSSR count). The summed E-state index contributed by atoms with van der Waals surface area (Å²) in [4.78, 5) is 0. The molecule has 0 aliphatic heterocycles. The third kappa shape index (κ3) is 4.77. The molecule has 0 aliphatic rings. The molecule has 0 bridgehead atoms. The second-order valence-electron chi connectivity index (χ2n) is 4.37. The van der Waals surface area contributed by atoms with Crippen LogP contribution in [0.4, 0.5) is 10.1 Å². The van der Waals surface area contributed by atoms with Crippen molar-refractivity contribution in [2.45, 2.75) is 25.8 Å². The summed E-state index contributed by atoms with van der Waals surface area (Å²) < 4.78 is 36.0. The first-order chi connectivity index (χ1) is 8.89. The molecule has 1 unspecified atom stereocenters. The van der Waals surface area contributed by atoms with E-state index >= 15 is 0 Å². The van der Waals surface area contributed by atoms with E-state index in [1.807, 2.05) is 0 Å². The van der Waals surface area contributed by atoms with Crippen molar-refractivity contribution in [3.63, 3.8) is 0 Å². The number of rotatable bonds is 7. The predicted octanol–water partition coefficient (Wildman–Crippen LogP) is 1.13. The molecule has 7 heteroatoms. The highest BCUT2D eigenvalue weighted by Gasteiger charge is 2.15. The summed E-state index contributed by atoms with van der Waals surface area (Å²) in [6, 6.07) is 3.70. The lowest BCUT2D eigenvalue weighted by atomic mass is 10.0. The van der Waals surface area contributed by atoms with Gasteiger partial charge in [0, 0.05) is 17.5 Å². The van der Waals surface area contributed by atoms with Crippen LogP contribution in [0.2, 0.25) is 0 Å². The Labute approximate surface area is 113 Å². The van der Waals surface area contributed by atoms with Crippen LogP contribution in [0.25, 0.3) is 0 Å². The summed E-state index contributed by atoms with van der Waals surface area (Å²) in [7, 11) is -3.00. The maximum Gasteiger partial charge on any atom is 0.150 e. The summed E-state index contributed by atoms with van der Waals surface area (Å²) in [6.45, 7) is 1.61. The van der Waals surface area contributed by atoms with Crippen LogP contribution in [-0.2, 0) is 9.84 Å². The zero-order valence-electron chi connectivity index (χ0n) is 10.9. The Bertz CT molecular complexity index is 520. The number of nitrogen functional groups attached to an aromatic ring is 1. The lowest BCUT2D eigenvalue weighted by Gasteiger charge is -2.18. The van der Waals surface area contributed by atoms with Gasteiger partial charge in [0.05, 0.1) is 5.75 Å². The molecule has 1 atom stereocenters. The van der Waals surface area contributed by atoms with Gasteiger partial charge in [0.1, 0.15) is 15.7 Å². The molecule has 0 aromatic heterocycles. The molecule has 0 aliphatic carbocycles. The summed E-state index contributed by atoms with van der Waals surface area (Å²) in [6.07, 6.45) is 0.921. The maximum atomic E-state index is 13.2. The third-order valence-corrected chi connectivity index (χ3v) is 4.80. The highest BCUT2D eigenvalue weighted by molar-refractivity contribution is 7.91. The van der Waals surface area contributed by atoms with Gasteiger partial charge < -0.3 is 5.73 Å². The molecular weight excluding hydrogens is 269 g/mol. The highest BCUT2D eigenvalue weighted by Crippen LogP contribution is 2.24. The monoisotopic (exact) mass is 289 g/mol. The van der Waals surface area contributed by atoms with Crippen molar-refractivity contribution >= 4 is 15.5 Å². The van der Waals surface area contributed by atoms with Crippen molar-refractivity contribution in [3.05, 3.63) is 29.6 Å². The Hall–Kier alpha value is -1.18. The number of halogens is 1. The third-order valence-electron chi connectivity index (χ3n) is 3.01. The zero-order valence-corrected chi connectivity index (χ0v) is 11.7.